The molecule has 0 N–H and O–H groups in total. The fourth-order valence-corrected chi connectivity index (χ4v) is 2.49. The van der Waals surface area contributed by atoms with Gasteiger partial charge in [0.15, 0.2) is 0 Å². The van der Waals surface area contributed by atoms with E-state index in [2.05, 4.69) is 26.4 Å². The molecule has 17 heavy (non-hydrogen) atoms. The van der Waals surface area contributed by atoms with Gasteiger partial charge in [0.05, 0.1) is 0 Å². The molecule has 0 atom stereocenters. The first-order chi connectivity index (χ1) is 8.40. The van der Waals surface area contributed by atoms with E-state index in [1.165, 1.54) is 17.7 Å². The van der Waals surface area contributed by atoms with E-state index in [0.29, 0.717) is 0 Å². The average Bonchev–Trinajstić information content (AvgIpc) is 2.96. The molecule has 0 aromatic carbocycles. The standard InChI is InChI=1S/C13H16N4/c1-2-4-12-14-7-8-17(12)13-10-5-3-6-11(10)15-9-16-13/h7-9H,2-6H2,1H3. The molecule has 2 heterocycles. The quantitative estimate of drug-likeness (QED) is 0.808. The summed E-state index contributed by atoms with van der Waals surface area (Å²) in [4.78, 5) is 13.2. The molecule has 1 aliphatic rings. The molecule has 4 nitrogen and oxygen atoms in total. The number of hydrogen-bond acceptors (Lipinski definition) is 3. The number of rotatable bonds is 3. The summed E-state index contributed by atoms with van der Waals surface area (Å²) in [6, 6.07) is 0. The molecule has 0 aliphatic heterocycles. The summed E-state index contributed by atoms with van der Waals surface area (Å²) in [6.07, 6.45) is 11.0. The highest BCUT2D eigenvalue weighted by Crippen LogP contribution is 2.25. The van der Waals surface area contributed by atoms with Gasteiger partial charge in [-0.05, 0) is 25.7 Å². The van der Waals surface area contributed by atoms with E-state index < -0.39 is 0 Å². The van der Waals surface area contributed by atoms with Gasteiger partial charge in [0.1, 0.15) is 18.0 Å². The van der Waals surface area contributed by atoms with Crippen LogP contribution in [-0.2, 0) is 19.3 Å². The normalized spacial score (nSPS) is 13.9. The van der Waals surface area contributed by atoms with Crippen LogP contribution in [0.15, 0.2) is 18.7 Å². The zero-order valence-electron chi connectivity index (χ0n) is 10.1. The summed E-state index contributed by atoms with van der Waals surface area (Å²) in [5, 5.41) is 0. The fraction of sp³-hybridized carbons (Fsp3) is 0.462. The Hall–Kier alpha value is -1.71. The van der Waals surface area contributed by atoms with Crippen LogP contribution >= 0.6 is 0 Å². The maximum atomic E-state index is 4.45. The second-order valence-corrected chi connectivity index (χ2v) is 4.44. The van der Waals surface area contributed by atoms with Crippen molar-refractivity contribution in [3.8, 4) is 5.82 Å². The summed E-state index contributed by atoms with van der Waals surface area (Å²) in [7, 11) is 0. The van der Waals surface area contributed by atoms with Crippen molar-refractivity contribution in [1.29, 1.82) is 0 Å². The fourth-order valence-electron chi connectivity index (χ4n) is 2.49. The van der Waals surface area contributed by atoms with Crippen molar-refractivity contribution >= 4 is 0 Å². The summed E-state index contributed by atoms with van der Waals surface area (Å²) >= 11 is 0. The van der Waals surface area contributed by atoms with E-state index in [4.69, 9.17) is 0 Å². The molecule has 0 saturated heterocycles. The third kappa shape index (κ3) is 1.73. The molecule has 3 rings (SSSR count). The summed E-state index contributed by atoms with van der Waals surface area (Å²) in [5.74, 6) is 2.13. The highest BCUT2D eigenvalue weighted by molar-refractivity contribution is 5.40. The van der Waals surface area contributed by atoms with Crippen molar-refractivity contribution in [3.05, 3.63) is 35.8 Å². The smallest absolute Gasteiger partial charge is 0.144 e. The van der Waals surface area contributed by atoms with Crippen molar-refractivity contribution in [2.75, 3.05) is 0 Å². The molecular formula is C13H16N4. The van der Waals surface area contributed by atoms with E-state index in [-0.39, 0.29) is 0 Å². The van der Waals surface area contributed by atoms with E-state index >= 15 is 0 Å². The van der Waals surface area contributed by atoms with Gasteiger partial charge in [0.25, 0.3) is 0 Å². The van der Waals surface area contributed by atoms with Gasteiger partial charge in [-0.2, -0.15) is 0 Å². The lowest BCUT2D eigenvalue weighted by Gasteiger charge is -2.10. The molecule has 1 aliphatic carbocycles. The average molecular weight is 228 g/mol. The minimum absolute atomic E-state index is 0.992. The second kappa shape index (κ2) is 4.28. The van der Waals surface area contributed by atoms with Crippen LogP contribution < -0.4 is 0 Å². The first-order valence-corrected chi connectivity index (χ1v) is 6.25. The predicted molar refractivity (Wildman–Crippen MR) is 65.2 cm³/mol. The topological polar surface area (TPSA) is 43.6 Å². The van der Waals surface area contributed by atoms with Crippen molar-refractivity contribution < 1.29 is 0 Å². The molecule has 0 bridgehead atoms. The van der Waals surface area contributed by atoms with Crippen molar-refractivity contribution in [2.45, 2.75) is 39.0 Å². The molecule has 0 radical (unpaired) electrons. The van der Waals surface area contributed by atoms with E-state index in [9.17, 15) is 0 Å². The van der Waals surface area contributed by atoms with Crippen LogP contribution in [0.25, 0.3) is 5.82 Å². The SMILES string of the molecule is CCCc1nccn1-c1ncnc2c1CCC2. The van der Waals surface area contributed by atoms with Crippen LogP contribution in [0.2, 0.25) is 0 Å². The van der Waals surface area contributed by atoms with Gasteiger partial charge in [-0.1, -0.05) is 6.92 Å². The maximum Gasteiger partial charge on any atom is 0.144 e. The van der Waals surface area contributed by atoms with Crippen LogP contribution in [0.5, 0.6) is 0 Å². The Balaban J connectivity index is 2.09. The molecule has 88 valence electrons. The van der Waals surface area contributed by atoms with Gasteiger partial charge in [0.2, 0.25) is 0 Å². The number of fused-ring (bicyclic) bond motifs is 1. The molecule has 0 fully saturated rings. The van der Waals surface area contributed by atoms with Gasteiger partial charge in [0, 0.05) is 30.1 Å². The summed E-state index contributed by atoms with van der Waals surface area (Å²) in [6.45, 7) is 2.17. The van der Waals surface area contributed by atoms with Crippen molar-refractivity contribution in [1.82, 2.24) is 19.5 Å². The summed E-state index contributed by atoms with van der Waals surface area (Å²) in [5.41, 5.74) is 2.52. The molecular weight excluding hydrogens is 212 g/mol. The summed E-state index contributed by atoms with van der Waals surface area (Å²) < 4.78 is 2.12. The van der Waals surface area contributed by atoms with Crippen molar-refractivity contribution in [3.63, 3.8) is 0 Å². The maximum absolute atomic E-state index is 4.45. The van der Waals surface area contributed by atoms with Gasteiger partial charge in [-0.15, -0.1) is 0 Å². The highest BCUT2D eigenvalue weighted by atomic mass is 15.1. The number of imidazole rings is 1. The van der Waals surface area contributed by atoms with Crippen LogP contribution in [0, 0.1) is 0 Å². The minimum Gasteiger partial charge on any atom is -0.288 e. The number of nitrogens with zero attached hydrogens (tertiary/aromatic N) is 4. The lowest BCUT2D eigenvalue weighted by Crippen LogP contribution is -2.07. The zero-order valence-corrected chi connectivity index (χ0v) is 10.1. The van der Waals surface area contributed by atoms with E-state index in [0.717, 1.165) is 37.3 Å². The first-order valence-electron chi connectivity index (χ1n) is 6.25. The first kappa shape index (κ1) is 10.4. The zero-order chi connectivity index (χ0) is 11.7. The van der Waals surface area contributed by atoms with Gasteiger partial charge < -0.3 is 0 Å². The van der Waals surface area contributed by atoms with Crippen LogP contribution in [0.3, 0.4) is 0 Å². The Morgan fingerprint density at radius 2 is 2.18 bits per heavy atom. The lowest BCUT2D eigenvalue weighted by molar-refractivity contribution is 0.788. The number of hydrogen-bond donors (Lipinski definition) is 0. The molecule has 0 amide bonds. The van der Waals surface area contributed by atoms with E-state index in [1.54, 1.807) is 6.33 Å². The number of aromatic nitrogens is 4. The predicted octanol–water partition coefficient (Wildman–Crippen LogP) is 2.10. The molecule has 4 heteroatoms. The second-order valence-electron chi connectivity index (χ2n) is 4.44. The Morgan fingerprint density at radius 3 is 3.06 bits per heavy atom. The van der Waals surface area contributed by atoms with Gasteiger partial charge in [-0.25, -0.2) is 15.0 Å². The Morgan fingerprint density at radius 1 is 1.24 bits per heavy atom. The molecule has 2 aromatic rings. The molecule has 0 spiro atoms. The minimum atomic E-state index is 0.992. The Labute approximate surface area is 101 Å². The highest BCUT2D eigenvalue weighted by Gasteiger charge is 2.19. The monoisotopic (exact) mass is 228 g/mol. The van der Waals surface area contributed by atoms with Crippen LogP contribution in [-0.4, -0.2) is 19.5 Å². The third-order valence-corrected chi connectivity index (χ3v) is 3.27. The molecule has 2 aromatic heterocycles. The van der Waals surface area contributed by atoms with Gasteiger partial charge >= 0.3 is 0 Å². The lowest BCUT2D eigenvalue weighted by atomic mass is 10.2. The Kier molecular flexibility index (Phi) is 2.63. The largest absolute Gasteiger partial charge is 0.288 e. The third-order valence-electron chi connectivity index (χ3n) is 3.27. The van der Waals surface area contributed by atoms with Crippen molar-refractivity contribution in [2.24, 2.45) is 0 Å². The molecule has 0 saturated carbocycles. The molecule has 0 unspecified atom stereocenters. The number of aryl methyl sites for hydroxylation is 2. The van der Waals surface area contributed by atoms with Gasteiger partial charge in [-0.3, -0.25) is 4.57 Å². The van der Waals surface area contributed by atoms with E-state index in [1.807, 2.05) is 12.4 Å². The Bertz CT molecular complexity index is 530. The van der Waals surface area contributed by atoms with Crippen LogP contribution in [0.4, 0.5) is 0 Å². The van der Waals surface area contributed by atoms with Crippen LogP contribution in [0.1, 0.15) is 36.8 Å².